The molecule has 1 saturated carbocycles. The van der Waals surface area contributed by atoms with Gasteiger partial charge in [0.15, 0.2) is 5.69 Å². The molecule has 0 radical (unpaired) electrons. The van der Waals surface area contributed by atoms with Gasteiger partial charge in [-0.25, -0.2) is 0 Å². The Morgan fingerprint density at radius 2 is 1.79 bits per heavy atom. The first-order valence-corrected chi connectivity index (χ1v) is 9.85. The highest BCUT2D eigenvalue weighted by molar-refractivity contribution is 5.70. The van der Waals surface area contributed by atoms with Crippen LogP contribution in [0.4, 0.5) is 8.78 Å². The van der Waals surface area contributed by atoms with Crippen molar-refractivity contribution in [3.8, 4) is 0 Å². The van der Waals surface area contributed by atoms with Gasteiger partial charge in [0.2, 0.25) is 5.76 Å². The fourth-order valence-electron chi connectivity index (χ4n) is 3.04. The van der Waals surface area contributed by atoms with Gasteiger partial charge in [0.25, 0.3) is 0 Å². The fourth-order valence-corrected chi connectivity index (χ4v) is 3.04. The van der Waals surface area contributed by atoms with Crippen molar-refractivity contribution in [1.82, 2.24) is 10.3 Å². The number of nitrogens with zero attached hydrogens (tertiary/aromatic N) is 2. The minimum absolute atomic E-state index is 0.0373. The van der Waals surface area contributed by atoms with Crippen molar-refractivity contribution in [2.45, 2.75) is 90.1 Å². The zero-order chi connectivity index (χ0) is 21.6. The van der Waals surface area contributed by atoms with E-state index in [1.165, 1.54) is 6.07 Å². The summed E-state index contributed by atoms with van der Waals surface area (Å²) >= 11 is 0. The first-order chi connectivity index (χ1) is 13.3. The zero-order valence-corrected chi connectivity index (χ0v) is 17.8. The maximum Gasteiger partial charge on any atom is 0.352 e. The second kappa shape index (κ2) is 7.22. The van der Waals surface area contributed by atoms with E-state index < -0.39 is 34.4 Å². The highest BCUT2D eigenvalue weighted by Gasteiger charge is 2.48. The summed E-state index contributed by atoms with van der Waals surface area (Å²) in [7, 11) is 0. The minimum Gasteiger partial charge on any atom is -0.460 e. The average Bonchev–Trinajstić information content (AvgIpc) is 3.09. The maximum atomic E-state index is 15.2. The Kier molecular flexibility index (Phi) is 5.34. The Morgan fingerprint density at radius 1 is 1.14 bits per heavy atom. The number of carbonyl (C=O) groups is 1. The normalized spacial score (nSPS) is 15.6. The summed E-state index contributed by atoms with van der Waals surface area (Å²) in [5.74, 6) is -4.05. The number of aromatic nitrogens is 2. The van der Waals surface area contributed by atoms with Crippen LogP contribution < -0.4 is 0 Å². The van der Waals surface area contributed by atoms with Crippen LogP contribution in [0.2, 0.25) is 0 Å². The van der Waals surface area contributed by atoms with Crippen molar-refractivity contribution in [3.05, 3.63) is 34.5 Å². The van der Waals surface area contributed by atoms with E-state index in [1.807, 2.05) is 20.8 Å². The molecule has 1 aliphatic rings. The van der Waals surface area contributed by atoms with Gasteiger partial charge in [-0.3, -0.25) is 4.79 Å². The van der Waals surface area contributed by atoms with Gasteiger partial charge in [0, 0.05) is 23.5 Å². The Morgan fingerprint density at radius 3 is 2.31 bits per heavy atom. The molecule has 0 aromatic carbocycles. The van der Waals surface area contributed by atoms with Crippen LogP contribution >= 0.6 is 0 Å². The van der Waals surface area contributed by atoms with E-state index in [2.05, 4.69) is 10.3 Å². The predicted octanol–water partition coefficient (Wildman–Crippen LogP) is 5.25. The van der Waals surface area contributed by atoms with Crippen LogP contribution in [-0.4, -0.2) is 21.9 Å². The number of aryl methyl sites for hydroxylation is 1. The lowest BCUT2D eigenvalue weighted by Gasteiger charge is -2.19. The molecule has 3 rings (SSSR count). The molecule has 2 heterocycles. The van der Waals surface area contributed by atoms with Gasteiger partial charge in [-0.1, -0.05) is 31.1 Å². The van der Waals surface area contributed by atoms with Gasteiger partial charge in [0.1, 0.15) is 11.4 Å². The number of hydrogen-bond acceptors (Lipinski definition) is 6. The van der Waals surface area contributed by atoms with E-state index >= 15 is 8.78 Å². The second-order valence-electron chi connectivity index (χ2n) is 9.63. The lowest BCUT2D eigenvalue weighted by Crippen LogP contribution is -2.24. The topological polar surface area (TPSA) is 78.4 Å². The molecule has 0 unspecified atom stereocenters. The molecule has 8 heteroatoms. The molecule has 6 nitrogen and oxygen atoms in total. The molecule has 1 fully saturated rings. The van der Waals surface area contributed by atoms with Gasteiger partial charge in [-0.15, -0.1) is 0 Å². The molecule has 0 amide bonds. The van der Waals surface area contributed by atoms with Gasteiger partial charge >= 0.3 is 11.9 Å². The van der Waals surface area contributed by atoms with E-state index in [0.29, 0.717) is 17.0 Å². The Labute approximate surface area is 168 Å². The van der Waals surface area contributed by atoms with E-state index in [9.17, 15) is 4.79 Å². The van der Waals surface area contributed by atoms with Crippen molar-refractivity contribution in [2.24, 2.45) is 0 Å². The molecule has 0 atom stereocenters. The van der Waals surface area contributed by atoms with Crippen LogP contribution in [0.25, 0.3) is 0 Å². The number of esters is 1. The molecule has 0 N–H and O–H groups in total. The third-order valence-corrected chi connectivity index (χ3v) is 4.63. The first kappa shape index (κ1) is 21.5. The Bertz CT molecular complexity index is 883. The number of halogens is 2. The summed E-state index contributed by atoms with van der Waals surface area (Å²) in [6, 6.07) is 1.26. The van der Waals surface area contributed by atoms with Crippen LogP contribution in [-0.2, 0) is 27.3 Å². The second-order valence-corrected chi connectivity index (χ2v) is 9.63. The Hall–Kier alpha value is -2.25. The zero-order valence-electron chi connectivity index (χ0n) is 17.8. The summed E-state index contributed by atoms with van der Waals surface area (Å²) in [5, 5.41) is 7.46. The molecule has 0 aliphatic heterocycles. The van der Waals surface area contributed by atoms with Crippen molar-refractivity contribution in [1.29, 1.82) is 0 Å². The van der Waals surface area contributed by atoms with Gasteiger partial charge in [-0.2, -0.15) is 8.78 Å². The predicted molar refractivity (Wildman–Crippen MR) is 101 cm³/mol. The monoisotopic (exact) mass is 410 g/mol. The molecule has 0 spiro atoms. The third kappa shape index (κ3) is 4.85. The lowest BCUT2D eigenvalue weighted by atomic mass is 9.92. The Balaban J connectivity index is 1.85. The molecule has 0 saturated heterocycles. The summed E-state index contributed by atoms with van der Waals surface area (Å²) in [4.78, 5) is 12.0. The van der Waals surface area contributed by atoms with Crippen LogP contribution in [0.15, 0.2) is 15.1 Å². The molecule has 160 valence electrons. The summed E-state index contributed by atoms with van der Waals surface area (Å²) < 4.78 is 46.0. The van der Waals surface area contributed by atoms with E-state index in [-0.39, 0.29) is 18.8 Å². The standard InChI is InChI=1S/C21H28F2N2O4/c1-19(2,3)15-11-14(25-28-15)21(22,23)18-17(12-7-8-12)13(24-29-18)9-10-16(26)27-20(4,5)6/h11-12H,7-10H2,1-6H3. The number of carbonyl (C=O) groups excluding carboxylic acids is 1. The van der Waals surface area contributed by atoms with Crippen molar-refractivity contribution >= 4 is 5.97 Å². The van der Waals surface area contributed by atoms with Crippen molar-refractivity contribution in [3.63, 3.8) is 0 Å². The lowest BCUT2D eigenvalue weighted by molar-refractivity contribution is -0.154. The quantitative estimate of drug-likeness (QED) is 0.605. The van der Waals surface area contributed by atoms with E-state index in [1.54, 1.807) is 20.8 Å². The smallest absolute Gasteiger partial charge is 0.352 e. The number of rotatable bonds is 6. The first-order valence-electron chi connectivity index (χ1n) is 9.85. The summed E-state index contributed by atoms with van der Waals surface area (Å²) in [5.41, 5.74) is -0.776. The highest BCUT2D eigenvalue weighted by atomic mass is 19.3. The van der Waals surface area contributed by atoms with Crippen LogP contribution in [0.5, 0.6) is 0 Å². The number of hydrogen-bond donors (Lipinski definition) is 0. The van der Waals surface area contributed by atoms with E-state index in [4.69, 9.17) is 13.8 Å². The molecule has 1 aliphatic carbocycles. The summed E-state index contributed by atoms with van der Waals surface area (Å²) in [6.45, 7) is 10.9. The number of ether oxygens (including phenoxy) is 1. The van der Waals surface area contributed by atoms with Gasteiger partial charge in [0.05, 0.1) is 12.1 Å². The van der Waals surface area contributed by atoms with Crippen molar-refractivity contribution in [2.75, 3.05) is 0 Å². The molecular formula is C21H28F2N2O4. The molecule has 29 heavy (non-hydrogen) atoms. The fraction of sp³-hybridized carbons (Fsp3) is 0.667. The largest absolute Gasteiger partial charge is 0.460 e. The maximum absolute atomic E-state index is 15.2. The molecule has 2 aromatic heterocycles. The average molecular weight is 410 g/mol. The van der Waals surface area contributed by atoms with Crippen LogP contribution in [0.1, 0.15) is 95.2 Å². The summed E-state index contributed by atoms with van der Waals surface area (Å²) in [6.07, 6.45) is 1.81. The van der Waals surface area contributed by atoms with Crippen molar-refractivity contribution < 1.29 is 27.4 Å². The van der Waals surface area contributed by atoms with Gasteiger partial charge in [-0.05, 0) is 39.5 Å². The highest BCUT2D eigenvalue weighted by Crippen LogP contribution is 2.49. The molecule has 2 aromatic rings. The molecule has 0 bridgehead atoms. The SMILES string of the molecule is CC(C)(C)OC(=O)CCc1noc(C(F)(F)c2cc(C(C)(C)C)on2)c1C1CC1. The number of alkyl halides is 2. The minimum atomic E-state index is -3.47. The van der Waals surface area contributed by atoms with Crippen LogP contribution in [0.3, 0.4) is 0 Å². The van der Waals surface area contributed by atoms with Gasteiger partial charge < -0.3 is 13.8 Å². The molecular weight excluding hydrogens is 382 g/mol. The van der Waals surface area contributed by atoms with Crippen LogP contribution in [0, 0.1) is 0 Å². The third-order valence-electron chi connectivity index (χ3n) is 4.63. The van der Waals surface area contributed by atoms with E-state index in [0.717, 1.165) is 12.8 Å².